The first-order chi connectivity index (χ1) is 8.61. The van der Waals surface area contributed by atoms with Crippen molar-refractivity contribution in [3.8, 4) is 0 Å². The van der Waals surface area contributed by atoms with Gasteiger partial charge < -0.3 is 4.55 Å². The third-order valence-corrected chi connectivity index (χ3v) is 3.01. The topological polar surface area (TPSA) is 83.5 Å². The van der Waals surface area contributed by atoms with Gasteiger partial charge in [0, 0.05) is 6.42 Å². The second-order valence-electron chi connectivity index (χ2n) is 4.19. The van der Waals surface area contributed by atoms with Gasteiger partial charge in [-0.2, -0.15) is 0 Å². The van der Waals surface area contributed by atoms with Gasteiger partial charge >= 0.3 is 29.6 Å². The standard InChI is InChI=1S/C12H22O5S.Na/c1-2-3-4-5-6-7-8-9-11(14)12(10-13)17-18(15)16;/h10,12H,2-9H2,1H3,(H,15,16);/q;+1/p-1. The van der Waals surface area contributed by atoms with E-state index >= 15 is 0 Å². The molecular formula is C12H21NaO5S. The maximum atomic E-state index is 11.4. The van der Waals surface area contributed by atoms with Crippen LogP contribution in [-0.4, -0.2) is 26.9 Å². The maximum absolute atomic E-state index is 11.4. The molecule has 19 heavy (non-hydrogen) atoms. The second kappa shape index (κ2) is 14.8. The molecule has 0 bridgehead atoms. The molecule has 2 atom stereocenters. The molecule has 0 fully saturated rings. The summed E-state index contributed by atoms with van der Waals surface area (Å²) in [7, 11) is 0. The van der Waals surface area contributed by atoms with Crippen LogP contribution in [0.3, 0.4) is 0 Å². The zero-order chi connectivity index (χ0) is 13.8. The molecule has 0 heterocycles. The largest absolute Gasteiger partial charge is 1.00 e. The zero-order valence-electron chi connectivity index (χ0n) is 11.8. The van der Waals surface area contributed by atoms with Crippen molar-refractivity contribution in [1.82, 2.24) is 0 Å². The minimum absolute atomic E-state index is 0. The number of aldehydes is 1. The minimum Gasteiger partial charge on any atom is -0.750 e. The van der Waals surface area contributed by atoms with Gasteiger partial charge in [0.2, 0.25) is 0 Å². The van der Waals surface area contributed by atoms with Crippen molar-refractivity contribution in [2.45, 2.75) is 64.4 Å². The van der Waals surface area contributed by atoms with Crippen molar-refractivity contribution in [3.05, 3.63) is 0 Å². The zero-order valence-corrected chi connectivity index (χ0v) is 14.6. The van der Waals surface area contributed by atoms with Crippen LogP contribution in [0.5, 0.6) is 0 Å². The van der Waals surface area contributed by atoms with E-state index in [4.69, 9.17) is 0 Å². The number of hydrogen-bond acceptors (Lipinski definition) is 5. The Hall–Kier alpha value is 0.410. The van der Waals surface area contributed by atoms with Gasteiger partial charge in [0.25, 0.3) is 0 Å². The fraction of sp³-hybridized carbons (Fsp3) is 0.833. The molecule has 0 aliphatic rings. The maximum Gasteiger partial charge on any atom is 1.00 e. The molecule has 0 aliphatic heterocycles. The van der Waals surface area contributed by atoms with E-state index in [1.807, 2.05) is 0 Å². The third-order valence-electron chi connectivity index (χ3n) is 2.65. The summed E-state index contributed by atoms with van der Waals surface area (Å²) in [6.45, 7) is 2.15. The van der Waals surface area contributed by atoms with Crippen molar-refractivity contribution in [3.63, 3.8) is 0 Å². The predicted octanol–water partition coefficient (Wildman–Crippen LogP) is -0.922. The number of rotatable bonds is 12. The molecule has 0 saturated heterocycles. The molecule has 7 heteroatoms. The van der Waals surface area contributed by atoms with Crippen LogP contribution in [0.4, 0.5) is 0 Å². The van der Waals surface area contributed by atoms with E-state index in [1.54, 1.807) is 0 Å². The van der Waals surface area contributed by atoms with Crippen molar-refractivity contribution in [2.24, 2.45) is 0 Å². The fourth-order valence-electron chi connectivity index (χ4n) is 1.64. The van der Waals surface area contributed by atoms with Crippen LogP contribution in [0.1, 0.15) is 58.3 Å². The van der Waals surface area contributed by atoms with Gasteiger partial charge in [-0.1, -0.05) is 45.4 Å². The Morgan fingerprint density at radius 1 is 1.21 bits per heavy atom. The average Bonchev–Trinajstić information content (AvgIpc) is 2.34. The summed E-state index contributed by atoms with van der Waals surface area (Å²) >= 11 is -2.83. The molecule has 0 N–H and O–H groups in total. The monoisotopic (exact) mass is 300 g/mol. The van der Waals surface area contributed by atoms with Gasteiger partial charge in [-0.3, -0.25) is 13.8 Å². The molecule has 0 aromatic carbocycles. The summed E-state index contributed by atoms with van der Waals surface area (Å²) < 4.78 is 24.6. The van der Waals surface area contributed by atoms with Crippen LogP contribution in [0.25, 0.3) is 0 Å². The number of carbonyl (C=O) groups excluding carboxylic acids is 2. The number of carbonyl (C=O) groups is 2. The van der Waals surface area contributed by atoms with Gasteiger partial charge in [-0.15, -0.1) is 0 Å². The van der Waals surface area contributed by atoms with Gasteiger partial charge in [0.15, 0.2) is 18.2 Å². The fourth-order valence-corrected chi connectivity index (χ4v) is 1.96. The minimum atomic E-state index is -2.83. The van der Waals surface area contributed by atoms with Crippen molar-refractivity contribution >= 4 is 23.4 Å². The summed E-state index contributed by atoms with van der Waals surface area (Å²) in [5.74, 6) is -0.470. The van der Waals surface area contributed by atoms with Crippen LogP contribution in [0.15, 0.2) is 0 Å². The Morgan fingerprint density at radius 2 is 1.74 bits per heavy atom. The van der Waals surface area contributed by atoms with Crippen LogP contribution in [0, 0.1) is 0 Å². The van der Waals surface area contributed by atoms with Gasteiger partial charge in [0.1, 0.15) is 0 Å². The normalized spacial score (nSPS) is 13.4. The Kier molecular flexibility index (Phi) is 16.9. The quantitative estimate of drug-likeness (QED) is 0.153. The second-order valence-corrected chi connectivity index (χ2v) is 4.80. The van der Waals surface area contributed by atoms with E-state index in [0.29, 0.717) is 6.42 Å². The molecule has 0 aromatic heterocycles. The molecule has 2 unspecified atom stereocenters. The van der Waals surface area contributed by atoms with E-state index in [1.165, 1.54) is 19.3 Å². The summed E-state index contributed by atoms with van der Waals surface area (Å²) in [4.78, 5) is 21.9. The summed E-state index contributed by atoms with van der Waals surface area (Å²) in [5.41, 5.74) is 0. The van der Waals surface area contributed by atoms with Crippen LogP contribution in [0.2, 0.25) is 0 Å². The Labute approximate surface area is 139 Å². The Morgan fingerprint density at radius 3 is 2.21 bits per heavy atom. The van der Waals surface area contributed by atoms with E-state index in [0.717, 1.165) is 19.3 Å². The van der Waals surface area contributed by atoms with E-state index in [2.05, 4.69) is 11.1 Å². The Bertz CT molecular complexity index is 273. The van der Waals surface area contributed by atoms with E-state index < -0.39 is 23.2 Å². The van der Waals surface area contributed by atoms with Gasteiger partial charge in [0.05, 0.1) is 11.4 Å². The first kappa shape index (κ1) is 21.7. The van der Waals surface area contributed by atoms with Gasteiger partial charge in [-0.25, -0.2) is 4.21 Å². The third kappa shape index (κ3) is 13.2. The molecular weight excluding hydrogens is 279 g/mol. The molecule has 5 nitrogen and oxygen atoms in total. The van der Waals surface area contributed by atoms with Crippen molar-refractivity contribution in [1.29, 1.82) is 0 Å². The molecule has 0 aliphatic carbocycles. The van der Waals surface area contributed by atoms with Crippen LogP contribution < -0.4 is 29.6 Å². The van der Waals surface area contributed by atoms with Crippen molar-refractivity contribution in [2.75, 3.05) is 0 Å². The summed E-state index contributed by atoms with van der Waals surface area (Å²) in [6, 6.07) is 0. The molecule has 0 amide bonds. The number of Topliss-reactive ketones (excluding diaryl/α,β-unsaturated/α-hetero) is 1. The predicted molar refractivity (Wildman–Crippen MR) is 67.5 cm³/mol. The van der Waals surface area contributed by atoms with Gasteiger partial charge in [-0.05, 0) is 6.42 Å². The average molecular weight is 300 g/mol. The smallest absolute Gasteiger partial charge is 0.750 e. The summed E-state index contributed by atoms with van der Waals surface area (Å²) in [5, 5.41) is 0. The van der Waals surface area contributed by atoms with Crippen LogP contribution in [-0.2, 0) is 25.1 Å². The van der Waals surface area contributed by atoms with Crippen molar-refractivity contribution < 1.29 is 52.1 Å². The van der Waals surface area contributed by atoms with E-state index in [-0.39, 0.29) is 42.3 Å². The summed E-state index contributed by atoms with van der Waals surface area (Å²) in [6.07, 6.45) is 6.38. The Balaban J connectivity index is 0. The molecule has 106 valence electrons. The van der Waals surface area contributed by atoms with Crippen LogP contribution >= 0.6 is 0 Å². The number of hydrogen-bond donors (Lipinski definition) is 0. The first-order valence-electron chi connectivity index (χ1n) is 6.36. The molecule has 0 spiro atoms. The molecule has 0 rings (SSSR count). The van der Waals surface area contributed by atoms with E-state index in [9.17, 15) is 18.4 Å². The number of unbranched alkanes of at least 4 members (excludes halogenated alkanes) is 6. The molecule has 0 saturated carbocycles. The molecule has 0 radical (unpaired) electrons. The SMILES string of the molecule is CCCCCCCCCC(=O)C(C=O)OS(=O)[O-].[Na+]. The first-order valence-corrected chi connectivity index (χ1v) is 7.36. The molecule has 0 aromatic rings. The number of ketones is 1.